The van der Waals surface area contributed by atoms with E-state index in [1.807, 2.05) is 0 Å². The van der Waals surface area contributed by atoms with Crippen LogP contribution in [-0.2, 0) is 16.6 Å². The Kier molecular flexibility index (Phi) is 4.71. The lowest BCUT2D eigenvalue weighted by Crippen LogP contribution is -2.26. The van der Waals surface area contributed by atoms with Gasteiger partial charge >= 0.3 is 5.97 Å². The first-order chi connectivity index (χ1) is 10.8. The number of benzene rings is 1. The molecule has 0 aliphatic heterocycles. The zero-order chi connectivity index (χ0) is 17.2. The largest absolute Gasteiger partial charge is 0.494 e. The number of H-pyrrole nitrogens is 1. The fourth-order valence-corrected chi connectivity index (χ4v) is 3.13. The summed E-state index contributed by atoms with van der Waals surface area (Å²) in [5.74, 6) is -1.78. The van der Waals surface area contributed by atoms with Crippen molar-refractivity contribution in [3.8, 4) is 5.75 Å². The molecule has 0 radical (unpaired) electrons. The lowest BCUT2D eigenvalue weighted by Gasteiger charge is -2.16. The first kappa shape index (κ1) is 17.0. The Morgan fingerprint density at radius 1 is 1.39 bits per heavy atom. The van der Waals surface area contributed by atoms with Gasteiger partial charge in [0.1, 0.15) is 10.6 Å². The molecule has 2 rings (SSSR count). The standard InChI is InChI=1S/C14H15FN2O5S/c1-17(8-9-3-4-13(22-2)11(15)5-9)23(20,21)10-6-12(14(18)19)16-7-10/h3-7,16H,8H2,1-2H3,(H,18,19). The summed E-state index contributed by atoms with van der Waals surface area (Å²) in [6.45, 7) is -0.0726. The molecule has 7 nitrogen and oxygen atoms in total. The number of carbonyl (C=O) groups is 1. The summed E-state index contributed by atoms with van der Waals surface area (Å²) in [4.78, 5) is 13.0. The van der Waals surface area contributed by atoms with Gasteiger partial charge in [-0.3, -0.25) is 0 Å². The van der Waals surface area contributed by atoms with Crippen LogP contribution in [0.3, 0.4) is 0 Å². The van der Waals surface area contributed by atoms with E-state index in [1.54, 1.807) is 6.07 Å². The molecule has 0 aliphatic rings. The Balaban J connectivity index is 2.22. The maximum atomic E-state index is 13.6. The van der Waals surface area contributed by atoms with Gasteiger partial charge < -0.3 is 14.8 Å². The summed E-state index contributed by atoms with van der Waals surface area (Å²) >= 11 is 0. The van der Waals surface area contributed by atoms with E-state index < -0.39 is 21.8 Å². The van der Waals surface area contributed by atoms with Gasteiger partial charge in [-0.25, -0.2) is 17.6 Å². The normalized spacial score (nSPS) is 11.7. The van der Waals surface area contributed by atoms with Crippen LogP contribution in [0, 0.1) is 5.82 Å². The summed E-state index contributed by atoms with van der Waals surface area (Å²) in [5, 5.41) is 8.82. The molecule has 0 spiro atoms. The average Bonchev–Trinajstić information content (AvgIpc) is 2.98. The van der Waals surface area contributed by atoms with E-state index in [1.165, 1.54) is 26.3 Å². The molecule has 0 saturated heterocycles. The van der Waals surface area contributed by atoms with Gasteiger partial charge in [-0.05, 0) is 23.8 Å². The van der Waals surface area contributed by atoms with Crippen LogP contribution < -0.4 is 4.74 Å². The minimum absolute atomic E-state index is 0.0657. The number of aromatic amines is 1. The van der Waals surface area contributed by atoms with Crippen LogP contribution in [-0.4, -0.2) is 42.9 Å². The molecule has 0 atom stereocenters. The highest BCUT2D eigenvalue weighted by molar-refractivity contribution is 7.89. The summed E-state index contributed by atoms with van der Waals surface area (Å²) < 4.78 is 44.2. The first-order valence-corrected chi connectivity index (χ1v) is 7.90. The fraction of sp³-hybridized carbons (Fsp3) is 0.214. The molecule has 2 N–H and O–H groups in total. The van der Waals surface area contributed by atoms with Crippen LogP contribution in [0.5, 0.6) is 5.75 Å². The predicted molar refractivity (Wildman–Crippen MR) is 79.4 cm³/mol. The van der Waals surface area contributed by atoms with Crippen LogP contribution in [0.15, 0.2) is 35.4 Å². The lowest BCUT2D eigenvalue weighted by molar-refractivity contribution is 0.0691. The summed E-state index contributed by atoms with van der Waals surface area (Å²) in [7, 11) is -1.24. The molecular formula is C14H15FN2O5S. The number of methoxy groups -OCH3 is 1. The van der Waals surface area contributed by atoms with Crippen molar-refractivity contribution in [3.05, 3.63) is 47.5 Å². The van der Waals surface area contributed by atoms with E-state index >= 15 is 0 Å². The second kappa shape index (κ2) is 6.39. The van der Waals surface area contributed by atoms with Crippen LogP contribution in [0.25, 0.3) is 0 Å². The monoisotopic (exact) mass is 342 g/mol. The van der Waals surface area contributed by atoms with Gasteiger partial charge in [-0.2, -0.15) is 4.31 Å². The quantitative estimate of drug-likeness (QED) is 0.832. The van der Waals surface area contributed by atoms with Gasteiger partial charge in [0.2, 0.25) is 10.0 Å². The molecule has 2 aromatic rings. The molecule has 1 aromatic carbocycles. The first-order valence-electron chi connectivity index (χ1n) is 6.46. The zero-order valence-electron chi connectivity index (χ0n) is 12.4. The number of halogens is 1. The summed E-state index contributed by atoms with van der Waals surface area (Å²) in [5.41, 5.74) is 0.204. The SMILES string of the molecule is COc1ccc(CN(C)S(=O)(=O)c2c[nH]c(C(=O)O)c2)cc1F. The molecule has 0 bridgehead atoms. The number of sulfonamides is 1. The van der Waals surface area contributed by atoms with Gasteiger partial charge in [-0.15, -0.1) is 0 Å². The highest BCUT2D eigenvalue weighted by Gasteiger charge is 2.23. The maximum absolute atomic E-state index is 13.6. The van der Waals surface area contributed by atoms with Crippen LogP contribution in [0.1, 0.15) is 16.1 Å². The van der Waals surface area contributed by atoms with E-state index in [0.717, 1.165) is 16.6 Å². The Morgan fingerprint density at radius 2 is 2.09 bits per heavy atom. The van der Waals surface area contributed by atoms with E-state index in [0.29, 0.717) is 5.56 Å². The van der Waals surface area contributed by atoms with Crippen molar-refractivity contribution >= 4 is 16.0 Å². The third kappa shape index (κ3) is 3.51. The Bertz CT molecular complexity index is 831. The predicted octanol–water partition coefficient (Wildman–Crippen LogP) is 1.68. The number of aromatic carboxylic acids is 1. The number of hydrogen-bond acceptors (Lipinski definition) is 4. The number of carboxylic acid groups (broad SMARTS) is 1. The van der Waals surface area contributed by atoms with E-state index in [9.17, 15) is 17.6 Å². The number of aromatic nitrogens is 1. The van der Waals surface area contributed by atoms with Gasteiger partial charge in [0, 0.05) is 19.8 Å². The number of nitrogens with one attached hydrogen (secondary N) is 1. The minimum atomic E-state index is -3.89. The van der Waals surface area contributed by atoms with E-state index in [-0.39, 0.29) is 22.9 Å². The highest BCUT2D eigenvalue weighted by atomic mass is 32.2. The molecule has 0 amide bonds. The number of hydrogen-bond donors (Lipinski definition) is 2. The van der Waals surface area contributed by atoms with Crippen LogP contribution >= 0.6 is 0 Å². The number of nitrogens with zero attached hydrogens (tertiary/aromatic N) is 1. The lowest BCUT2D eigenvalue weighted by atomic mass is 10.2. The molecule has 1 aromatic heterocycles. The highest BCUT2D eigenvalue weighted by Crippen LogP contribution is 2.21. The molecule has 0 fully saturated rings. The third-order valence-corrected chi connectivity index (χ3v) is 5.00. The second-order valence-electron chi connectivity index (χ2n) is 4.78. The number of carboxylic acids is 1. The van der Waals surface area contributed by atoms with Gasteiger partial charge in [-0.1, -0.05) is 6.07 Å². The zero-order valence-corrected chi connectivity index (χ0v) is 13.2. The second-order valence-corrected chi connectivity index (χ2v) is 6.83. The summed E-state index contributed by atoms with van der Waals surface area (Å²) in [6, 6.07) is 5.17. The molecule has 0 unspecified atom stereocenters. The molecule has 0 saturated carbocycles. The maximum Gasteiger partial charge on any atom is 0.352 e. The van der Waals surface area contributed by atoms with Crippen LogP contribution in [0.4, 0.5) is 4.39 Å². The van der Waals surface area contributed by atoms with E-state index in [2.05, 4.69) is 4.98 Å². The Morgan fingerprint density at radius 3 is 2.61 bits per heavy atom. The molecule has 23 heavy (non-hydrogen) atoms. The van der Waals surface area contributed by atoms with Crippen molar-refractivity contribution in [3.63, 3.8) is 0 Å². The van der Waals surface area contributed by atoms with Crippen molar-refractivity contribution in [1.82, 2.24) is 9.29 Å². The minimum Gasteiger partial charge on any atom is -0.494 e. The van der Waals surface area contributed by atoms with Crippen molar-refractivity contribution in [2.24, 2.45) is 0 Å². The van der Waals surface area contributed by atoms with Crippen molar-refractivity contribution in [1.29, 1.82) is 0 Å². The van der Waals surface area contributed by atoms with E-state index in [4.69, 9.17) is 9.84 Å². The third-order valence-electron chi connectivity index (χ3n) is 3.22. The molecule has 9 heteroatoms. The fourth-order valence-electron chi connectivity index (χ4n) is 1.98. The molecule has 0 aliphatic carbocycles. The summed E-state index contributed by atoms with van der Waals surface area (Å²) in [6.07, 6.45) is 1.10. The van der Waals surface area contributed by atoms with Crippen molar-refractivity contribution in [2.75, 3.05) is 14.2 Å². The molecule has 1 heterocycles. The van der Waals surface area contributed by atoms with Gasteiger partial charge in [0.25, 0.3) is 0 Å². The Hall–Kier alpha value is -2.39. The molecular weight excluding hydrogens is 327 g/mol. The van der Waals surface area contributed by atoms with Crippen molar-refractivity contribution in [2.45, 2.75) is 11.4 Å². The van der Waals surface area contributed by atoms with Gasteiger partial charge in [0.05, 0.1) is 7.11 Å². The average molecular weight is 342 g/mol. The molecule has 124 valence electrons. The number of rotatable bonds is 6. The smallest absolute Gasteiger partial charge is 0.352 e. The Labute approximate surface area is 132 Å². The van der Waals surface area contributed by atoms with Crippen molar-refractivity contribution < 1.29 is 27.4 Å². The van der Waals surface area contributed by atoms with Crippen LogP contribution in [0.2, 0.25) is 0 Å². The van der Waals surface area contributed by atoms with Gasteiger partial charge in [0.15, 0.2) is 11.6 Å². The topological polar surface area (TPSA) is 99.7 Å². The number of ether oxygens (including phenoxy) is 1.